The Bertz CT molecular complexity index is 496. The molecule has 0 bridgehead atoms. The molecule has 0 spiro atoms. The van der Waals surface area contributed by atoms with E-state index in [1.165, 1.54) is 12.1 Å². The molecule has 17 heavy (non-hydrogen) atoms. The van der Waals surface area contributed by atoms with E-state index in [4.69, 9.17) is 10.3 Å². The van der Waals surface area contributed by atoms with Crippen LogP contribution in [0.2, 0.25) is 0 Å². The predicted octanol–water partition coefficient (Wildman–Crippen LogP) is 2.53. The molecular formula is C13H15FN2O. The van der Waals surface area contributed by atoms with Gasteiger partial charge in [-0.3, -0.25) is 5.84 Å². The van der Waals surface area contributed by atoms with Crippen molar-refractivity contribution < 1.29 is 8.81 Å². The lowest BCUT2D eigenvalue weighted by atomic mass is 10.1. The van der Waals surface area contributed by atoms with Gasteiger partial charge < -0.3 is 4.42 Å². The highest BCUT2D eigenvalue weighted by molar-refractivity contribution is 5.27. The van der Waals surface area contributed by atoms with Crippen molar-refractivity contribution in [3.63, 3.8) is 0 Å². The Labute approximate surface area is 99.4 Å². The van der Waals surface area contributed by atoms with Crippen molar-refractivity contribution in [1.29, 1.82) is 0 Å². The molecule has 2 rings (SSSR count). The van der Waals surface area contributed by atoms with Crippen LogP contribution in [-0.2, 0) is 6.42 Å². The molecule has 0 amide bonds. The summed E-state index contributed by atoms with van der Waals surface area (Å²) in [6.45, 7) is 2.01. The van der Waals surface area contributed by atoms with Crippen molar-refractivity contribution in [2.75, 3.05) is 0 Å². The third-order valence-electron chi connectivity index (χ3n) is 2.66. The number of nitrogens with two attached hydrogens (primary N) is 1. The lowest BCUT2D eigenvalue weighted by Gasteiger charge is -2.13. The second-order valence-corrected chi connectivity index (χ2v) is 3.81. The molecule has 3 N–H and O–H groups in total. The normalized spacial score (nSPS) is 12.6. The van der Waals surface area contributed by atoms with Crippen LogP contribution in [0.15, 0.2) is 40.8 Å². The van der Waals surface area contributed by atoms with Crippen molar-refractivity contribution in [1.82, 2.24) is 5.43 Å². The van der Waals surface area contributed by atoms with Crippen molar-refractivity contribution in [3.05, 3.63) is 59.3 Å². The summed E-state index contributed by atoms with van der Waals surface area (Å²) in [5.74, 6) is 6.79. The van der Waals surface area contributed by atoms with Crippen LogP contribution in [0.3, 0.4) is 0 Å². The maximum absolute atomic E-state index is 13.2. The average molecular weight is 234 g/mol. The van der Waals surface area contributed by atoms with Crippen LogP contribution in [0.1, 0.15) is 30.0 Å². The molecule has 4 heteroatoms. The Morgan fingerprint density at radius 2 is 2.18 bits per heavy atom. The summed E-state index contributed by atoms with van der Waals surface area (Å²) in [5, 5.41) is 0. The minimum atomic E-state index is -0.328. The van der Waals surface area contributed by atoms with Gasteiger partial charge in [-0.05, 0) is 29.8 Å². The van der Waals surface area contributed by atoms with Crippen LogP contribution in [0.25, 0.3) is 0 Å². The molecule has 0 aliphatic heterocycles. The molecule has 1 heterocycles. The zero-order chi connectivity index (χ0) is 12.3. The first-order chi connectivity index (χ1) is 8.24. The molecule has 90 valence electrons. The largest absolute Gasteiger partial charge is 0.464 e. The first kappa shape index (κ1) is 11.8. The summed E-state index contributed by atoms with van der Waals surface area (Å²) in [5.41, 5.74) is 3.38. The fraction of sp³-hybridized carbons (Fsp3) is 0.231. The number of furan rings is 1. The summed E-state index contributed by atoms with van der Waals surface area (Å²) in [7, 11) is 0. The van der Waals surface area contributed by atoms with E-state index in [0.717, 1.165) is 17.7 Å². The molecule has 0 aliphatic rings. The molecule has 0 fully saturated rings. The van der Waals surface area contributed by atoms with Gasteiger partial charge in [-0.15, -0.1) is 0 Å². The Morgan fingerprint density at radius 1 is 1.35 bits per heavy atom. The summed E-state index contributed by atoms with van der Waals surface area (Å²) < 4.78 is 18.8. The first-order valence-corrected chi connectivity index (χ1v) is 5.54. The second-order valence-electron chi connectivity index (χ2n) is 3.81. The van der Waals surface area contributed by atoms with Gasteiger partial charge in [0.25, 0.3) is 0 Å². The standard InChI is InChI=1S/C13H15FN2O/c1-2-11-6-7-12(17-11)13(16-15)9-4-3-5-10(14)8-9/h3-8,13,16H,2,15H2,1H3. The molecule has 1 aromatic carbocycles. The molecule has 2 aromatic rings. The third-order valence-corrected chi connectivity index (χ3v) is 2.66. The van der Waals surface area contributed by atoms with Crippen LogP contribution < -0.4 is 11.3 Å². The van der Waals surface area contributed by atoms with Gasteiger partial charge in [0.05, 0.1) is 0 Å². The van der Waals surface area contributed by atoms with Crippen molar-refractivity contribution in [2.45, 2.75) is 19.4 Å². The van der Waals surface area contributed by atoms with E-state index in [2.05, 4.69) is 5.43 Å². The Kier molecular flexibility index (Phi) is 3.56. The van der Waals surface area contributed by atoms with E-state index < -0.39 is 0 Å². The minimum absolute atomic E-state index is 0.287. The van der Waals surface area contributed by atoms with Gasteiger partial charge in [0.2, 0.25) is 0 Å². The summed E-state index contributed by atoms with van der Waals surface area (Å²) in [6.07, 6.45) is 0.820. The van der Waals surface area contributed by atoms with Gasteiger partial charge in [0.1, 0.15) is 23.4 Å². The van der Waals surface area contributed by atoms with E-state index in [1.807, 2.05) is 25.1 Å². The van der Waals surface area contributed by atoms with Crippen LogP contribution in [0.4, 0.5) is 4.39 Å². The summed E-state index contributed by atoms with van der Waals surface area (Å²) in [6, 6.07) is 9.73. The van der Waals surface area contributed by atoms with E-state index >= 15 is 0 Å². The number of halogens is 1. The highest BCUT2D eigenvalue weighted by Crippen LogP contribution is 2.23. The first-order valence-electron chi connectivity index (χ1n) is 5.54. The van der Waals surface area contributed by atoms with Gasteiger partial charge in [0.15, 0.2) is 0 Å². The molecular weight excluding hydrogens is 219 g/mol. The van der Waals surface area contributed by atoms with Crippen LogP contribution in [0.5, 0.6) is 0 Å². The van der Waals surface area contributed by atoms with E-state index in [1.54, 1.807) is 6.07 Å². The molecule has 0 saturated heterocycles. The fourth-order valence-corrected chi connectivity index (χ4v) is 1.77. The average Bonchev–Trinajstić information content (AvgIpc) is 2.79. The van der Waals surface area contributed by atoms with Gasteiger partial charge >= 0.3 is 0 Å². The highest BCUT2D eigenvalue weighted by atomic mass is 19.1. The fourth-order valence-electron chi connectivity index (χ4n) is 1.77. The van der Waals surface area contributed by atoms with Crippen molar-refractivity contribution >= 4 is 0 Å². The van der Waals surface area contributed by atoms with Gasteiger partial charge in [-0.2, -0.15) is 0 Å². The quantitative estimate of drug-likeness (QED) is 0.631. The van der Waals surface area contributed by atoms with Gasteiger partial charge in [-0.25, -0.2) is 9.82 Å². The Morgan fingerprint density at radius 3 is 2.76 bits per heavy atom. The minimum Gasteiger partial charge on any atom is -0.464 e. The molecule has 1 atom stereocenters. The predicted molar refractivity (Wildman–Crippen MR) is 63.7 cm³/mol. The molecule has 1 aromatic heterocycles. The summed E-state index contributed by atoms with van der Waals surface area (Å²) >= 11 is 0. The number of nitrogens with one attached hydrogen (secondary N) is 1. The number of hydrazine groups is 1. The molecule has 0 radical (unpaired) electrons. The lowest BCUT2D eigenvalue weighted by molar-refractivity contribution is 0.425. The molecule has 0 saturated carbocycles. The lowest BCUT2D eigenvalue weighted by Crippen LogP contribution is -2.28. The Balaban J connectivity index is 2.33. The van der Waals surface area contributed by atoms with E-state index in [9.17, 15) is 4.39 Å². The van der Waals surface area contributed by atoms with E-state index in [-0.39, 0.29) is 11.9 Å². The maximum atomic E-state index is 13.2. The molecule has 1 unspecified atom stereocenters. The zero-order valence-corrected chi connectivity index (χ0v) is 9.61. The number of hydrogen-bond donors (Lipinski definition) is 2. The summed E-state index contributed by atoms with van der Waals surface area (Å²) in [4.78, 5) is 0. The van der Waals surface area contributed by atoms with Crippen LogP contribution in [0, 0.1) is 5.82 Å². The Hall–Kier alpha value is -1.65. The third kappa shape index (κ3) is 2.54. The van der Waals surface area contributed by atoms with Crippen LogP contribution >= 0.6 is 0 Å². The maximum Gasteiger partial charge on any atom is 0.126 e. The van der Waals surface area contributed by atoms with Crippen molar-refractivity contribution in [2.24, 2.45) is 5.84 Å². The van der Waals surface area contributed by atoms with Gasteiger partial charge in [-0.1, -0.05) is 19.1 Å². The zero-order valence-electron chi connectivity index (χ0n) is 9.61. The number of aryl methyl sites for hydroxylation is 1. The highest BCUT2D eigenvalue weighted by Gasteiger charge is 2.16. The SMILES string of the molecule is CCc1ccc(C(NN)c2cccc(F)c2)o1. The smallest absolute Gasteiger partial charge is 0.126 e. The number of rotatable bonds is 4. The topological polar surface area (TPSA) is 51.2 Å². The molecule has 0 aliphatic carbocycles. The van der Waals surface area contributed by atoms with Gasteiger partial charge in [0, 0.05) is 6.42 Å². The molecule has 3 nitrogen and oxygen atoms in total. The second kappa shape index (κ2) is 5.12. The monoisotopic (exact) mass is 234 g/mol. The number of hydrogen-bond acceptors (Lipinski definition) is 3. The number of benzene rings is 1. The van der Waals surface area contributed by atoms with E-state index in [0.29, 0.717) is 5.76 Å². The van der Waals surface area contributed by atoms with Crippen molar-refractivity contribution in [3.8, 4) is 0 Å². The van der Waals surface area contributed by atoms with Crippen LogP contribution in [-0.4, -0.2) is 0 Å².